The molecule has 29 heavy (non-hydrogen) atoms. The van der Waals surface area contributed by atoms with E-state index in [1.807, 2.05) is 13.8 Å². The number of amides is 3. The number of carbonyl (C=O) groups is 4. The number of benzene rings is 2. The lowest BCUT2D eigenvalue weighted by molar-refractivity contribution is -0.116. The van der Waals surface area contributed by atoms with Crippen LogP contribution in [0.1, 0.15) is 56.4 Å². The molecule has 0 saturated carbocycles. The van der Waals surface area contributed by atoms with Crippen LogP contribution in [0.2, 0.25) is 0 Å². The van der Waals surface area contributed by atoms with Crippen LogP contribution in [0.3, 0.4) is 0 Å². The van der Waals surface area contributed by atoms with E-state index in [0.29, 0.717) is 29.0 Å². The van der Waals surface area contributed by atoms with E-state index in [1.54, 1.807) is 42.5 Å². The average molecular weight is 394 g/mol. The van der Waals surface area contributed by atoms with Crippen molar-refractivity contribution < 1.29 is 23.9 Å². The van der Waals surface area contributed by atoms with E-state index in [9.17, 15) is 19.2 Å². The van der Waals surface area contributed by atoms with Gasteiger partial charge in [-0.1, -0.05) is 18.6 Å². The summed E-state index contributed by atoms with van der Waals surface area (Å²) in [5, 5.41) is 2.69. The van der Waals surface area contributed by atoms with Crippen molar-refractivity contribution in [2.24, 2.45) is 0 Å². The quantitative estimate of drug-likeness (QED) is 0.575. The summed E-state index contributed by atoms with van der Waals surface area (Å²) in [5.74, 6) is -1.51. The van der Waals surface area contributed by atoms with E-state index in [2.05, 4.69) is 5.32 Å². The molecule has 1 aliphatic heterocycles. The summed E-state index contributed by atoms with van der Waals surface area (Å²) >= 11 is 0. The number of aryl methyl sites for hydroxylation is 1. The summed E-state index contributed by atoms with van der Waals surface area (Å²) in [7, 11) is 0. The molecule has 0 atom stereocenters. The van der Waals surface area contributed by atoms with Gasteiger partial charge >= 0.3 is 5.97 Å². The Hall–Kier alpha value is -3.48. The second kappa shape index (κ2) is 8.68. The van der Waals surface area contributed by atoms with Gasteiger partial charge in [0.15, 0.2) is 0 Å². The highest BCUT2D eigenvalue weighted by Crippen LogP contribution is 2.24. The molecule has 7 heteroatoms. The molecule has 0 saturated heterocycles. The van der Waals surface area contributed by atoms with Crippen molar-refractivity contribution in [2.45, 2.75) is 26.7 Å². The second-order valence-electron chi connectivity index (χ2n) is 6.82. The Morgan fingerprint density at radius 2 is 1.69 bits per heavy atom. The van der Waals surface area contributed by atoms with E-state index in [4.69, 9.17) is 4.74 Å². The number of nitrogens with one attached hydrogen (secondary N) is 1. The molecule has 0 aromatic heterocycles. The van der Waals surface area contributed by atoms with Crippen LogP contribution in [0, 0.1) is 6.92 Å². The third-order valence-corrected chi connectivity index (χ3v) is 4.53. The predicted molar refractivity (Wildman–Crippen MR) is 107 cm³/mol. The smallest absolute Gasteiger partial charge is 0.338 e. The van der Waals surface area contributed by atoms with Gasteiger partial charge in [0.25, 0.3) is 11.8 Å². The zero-order chi connectivity index (χ0) is 21.0. The van der Waals surface area contributed by atoms with Crippen molar-refractivity contribution in [1.82, 2.24) is 4.90 Å². The average Bonchev–Trinajstić information content (AvgIpc) is 2.94. The van der Waals surface area contributed by atoms with Gasteiger partial charge in [0.05, 0.1) is 23.3 Å². The first-order valence-electron chi connectivity index (χ1n) is 9.44. The van der Waals surface area contributed by atoms with Crippen molar-refractivity contribution >= 4 is 29.4 Å². The van der Waals surface area contributed by atoms with Crippen LogP contribution in [-0.4, -0.2) is 41.7 Å². The van der Waals surface area contributed by atoms with Gasteiger partial charge in [0, 0.05) is 18.7 Å². The van der Waals surface area contributed by atoms with Crippen molar-refractivity contribution in [3.05, 3.63) is 64.7 Å². The monoisotopic (exact) mass is 394 g/mol. The first-order chi connectivity index (χ1) is 13.9. The highest BCUT2D eigenvalue weighted by atomic mass is 16.5. The zero-order valence-corrected chi connectivity index (χ0v) is 16.4. The standard InChI is InChI=1S/C22H22N2O5/c1-3-12-29-22(28)15-5-7-16(8-6-15)23-19(25)10-11-24-20(26)17-9-4-14(2)13-18(17)21(24)27/h4-9,13H,3,10-12H2,1-2H3,(H,23,25). The van der Waals surface area contributed by atoms with Crippen molar-refractivity contribution in [3.8, 4) is 0 Å². The van der Waals surface area contributed by atoms with Crippen molar-refractivity contribution in [2.75, 3.05) is 18.5 Å². The van der Waals surface area contributed by atoms with E-state index in [-0.39, 0.29) is 30.7 Å². The lowest BCUT2D eigenvalue weighted by Gasteiger charge is -2.13. The van der Waals surface area contributed by atoms with Gasteiger partial charge in [-0.25, -0.2) is 4.79 Å². The fourth-order valence-corrected chi connectivity index (χ4v) is 3.01. The Labute approximate surface area is 168 Å². The lowest BCUT2D eigenvalue weighted by Crippen LogP contribution is -2.32. The van der Waals surface area contributed by atoms with E-state index < -0.39 is 5.97 Å². The molecule has 2 aromatic rings. The molecule has 3 rings (SSSR count). The van der Waals surface area contributed by atoms with Crippen LogP contribution in [0.25, 0.3) is 0 Å². The fraction of sp³-hybridized carbons (Fsp3) is 0.273. The first-order valence-corrected chi connectivity index (χ1v) is 9.44. The summed E-state index contributed by atoms with van der Waals surface area (Å²) in [6, 6.07) is 11.4. The van der Waals surface area contributed by atoms with E-state index in [1.165, 1.54) is 0 Å². The van der Waals surface area contributed by atoms with Crippen molar-refractivity contribution in [3.63, 3.8) is 0 Å². The van der Waals surface area contributed by atoms with E-state index in [0.717, 1.165) is 16.9 Å². The molecule has 0 bridgehead atoms. The maximum Gasteiger partial charge on any atom is 0.338 e. The Kier molecular flexibility index (Phi) is 6.07. The number of hydrogen-bond acceptors (Lipinski definition) is 5. The number of rotatable bonds is 7. The Balaban J connectivity index is 1.55. The summed E-state index contributed by atoms with van der Waals surface area (Å²) in [4.78, 5) is 49.9. The number of fused-ring (bicyclic) bond motifs is 1. The molecule has 0 radical (unpaired) electrons. The predicted octanol–water partition coefficient (Wildman–Crippen LogP) is 3.19. The number of hydrogen-bond donors (Lipinski definition) is 1. The fourth-order valence-electron chi connectivity index (χ4n) is 3.01. The molecule has 0 aliphatic carbocycles. The Morgan fingerprint density at radius 1 is 1.00 bits per heavy atom. The number of ether oxygens (including phenoxy) is 1. The largest absolute Gasteiger partial charge is 0.462 e. The van der Waals surface area contributed by atoms with Gasteiger partial charge in [-0.15, -0.1) is 0 Å². The van der Waals surface area contributed by atoms with Crippen LogP contribution < -0.4 is 5.32 Å². The van der Waals surface area contributed by atoms with Gasteiger partial charge in [-0.2, -0.15) is 0 Å². The summed E-state index contributed by atoms with van der Waals surface area (Å²) in [6.07, 6.45) is 0.720. The Morgan fingerprint density at radius 3 is 2.38 bits per heavy atom. The highest BCUT2D eigenvalue weighted by molar-refractivity contribution is 6.21. The molecule has 1 aliphatic rings. The number of imide groups is 1. The van der Waals surface area contributed by atoms with Crippen LogP contribution >= 0.6 is 0 Å². The second-order valence-corrected chi connectivity index (χ2v) is 6.82. The van der Waals surface area contributed by atoms with Gasteiger partial charge in [-0.05, 0) is 49.7 Å². The molecule has 0 unspecified atom stereocenters. The zero-order valence-electron chi connectivity index (χ0n) is 16.4. The summed E-state index contributed by atoms with van der Waals surface area (Å²) < 4.78 is 5.05. The molecule has 2 aromatic carbocycles. The van der Waals surface area contributed by atoms with Gasteiger partial charge < -0.3 is 10.1 Å². The molecule has 150 valence electrons. The van der Waals surface area contributed by atoms with Gasteiger partial charge in [0.2, 0.25) is 5.91 Å². The molecular formula is C22H22N2O5. The third kappa shape index (κ3) is 4.51. The van der Waals surface area contributed by atoms with Crippen molar-refractivity contribution in [1.29, 1.82) is 0 Å². The highest BCUT2D eigenvalue weighted by Gasteiger charge is 2.35. The number of nitrogens with zero attached hydrogens (tertiary/aromatic N) is 1. The summed E-state index contributed by atoms with van der Waals surface area (Å²) in [5.41, 5.74) is 2.55. The third-order valence-electron chi connectivity index (χ3n) is 4.53. The van der Waals surface area contributed by atoms with Crippen LogP contribution in [-0.2, 0) is 9.53 Å². The minimum absolute atomic E-state index is 0.00133. The SMILES string of the molecule is CCCOC(=O)c1ccc(NC(=O)CCN2C(=O)c3ccc(C)cc3C2=O)cc1. The van der Waals surface area contributed by atoms with Crippen LogP contribution in [0.4, 0.5) is 5.69 Å². The van der Waals surface area contributed by atoms with Crippen LogP contribution in [0.5, 0.6) is 0 Å². The molecule has 7 nitrogen and oxygen atoms in total. The van der Waals surface area contributed by atoms with Gasteiger partial charge in [-0.3, -0.25) is 19.3 Å². The minimum atomic E-state index is -0.411. The summed E-state index contributed by atoms with van der Waals surface area (Å²) in [6.45, 7) is 4.12. The van der Waals surface area contributed by atoms with Gasteiger partial charge in [0.1, 0.15) is 0 Å². The molecule has 3 amide bonds. The number of carbonyl (C=O) groups excluding carboxylic acids is 4. The minimum Gasteiger partial charge on any atom is -0.462 e. The van der Waals surface area contributed by atoms with Crippen LogP contribution in [0.15, 0.2) is 42.5 Å². The molecule has 1 N–H and O–H groups in total. The Bertz CT molecular complexity index is 966. The molecule has 0 spiro atoms. The topological polar surface area (TPSA) is 92.8 Å². The number of esters is 1. The molecular weight excluding hydrogens is 372 g/mol. The van der Waals surface area contributed by atoms with E-state index >= 15 is 0 Å². The normalized spacial score (nSPS) is 12.7. The molecule has 1 heterocycles. The number of anilines is 1. The first kappa shape index (κ1) is 20.3. The maximum absolute atomic E-state index is 12.4. The molecule has 0 fully saturated rings. The lowest BCUT2D eigenvalue weighted by atomic mass is 10.1. The maximum atomic E-state index is 12.4.